The second-order valence-electron chi connectivity index (χ2n) is 4.12. The zero-order valence-corrected chi connectivity index (χ0v) is 10.5. The summed E-state index contributed by atoms with van der Waals surface area (Å²) in [5.41, 5.74) is 10.2. The number of para-hydroxylation sites is 2. The maximum absolute atomic E-state index is 5.90. The van der Waals surface area contributed by atoms with E-state index in [2.05, 4.69) is 24.3 Å². The van der Waals surface area contributed by atoms with Gasteiger partial charge in [0.1, 0.15) is 0 Å². The number of hydrogen-bond donors (Lipinski definition) is 1. The number of nitrogens with two attached hydrogens (primary N) is 1. The molecule has 0 fully saturated rings. The normalized spacial score (nSPS) is 12.6. The first-order valence-electron chi connectivity index (χ1n) is 5.73. The third-order valence-electron chi connectivity index (χ3n) is 3.02. The van der Waals surface area contributed by atoms with E-state index in [4.69, 9.17) is 18.0 Å². The van der Waals surface area contributed by atoms with Gasteiger partial charge in [0, 0.05) is 0 Å². The first-order valence-corrected chi connectivity index (χ1v) is 6.14. The van der Waals surface area contributed by atoms with Crippen molar-refractivity contribution in [3.05, 3.63) is 59.7 Å². The molecule has 0 aromatic heterocycles. The average Bonchev–Trinajstić information content (AvgIpc) is 2.55. The molecule has 0 unspecified atom stereocenters. The molecule has 0 radical (unpaired) electrons. The fourth-order valence-electron chi connectivity index (χ4n) is 2.21. The molecule has 0 aliphatic carbocycles. The third kappa shape index (κ3) is 1.69. The summed E-state index contributed by atoms with van der Waals surface area (Å²) < 4.78 is 0. The van der Waals surface area contributed by atoms with E-state index in [1.165, 1.54) is 0 Å². The minimum Gasteiger partial charge on any atom is -0.376 e. The molecule has 0 saturated carbocycles. The Morgan fingerprint density at radius 2 is 1.28 bits per heavy atom. The molecule has 2 aromatic rings. The van der Waals surface area contributed by atoms with Gasteiger partial charge in [0.15, 0.2) is 5.11 Å². The highest BCUT2D eigenvalue weighted by molar-refractivity contribution is 7.80. The number of anilines is 2. The maximum Gasteiger partial charge on any atom is 0.175 e. The molecule has 2 aromatic carbocycles. The number of thiocarbonyl (C=S) groups is 1. The predicted molar refractivity (Wildman–Crippen MR) is 80.7 cm³/mol. The van der Waals surface area contributed by atoms with Gasteiger partial charge in [-0.1, -0.05) is 48.6 Å². The number of fused-ring (bicyclic) bond motifs is 2. The van der Waals surface area contributed by atoms with Crippen molar-refractivity contribution in [3.8, 4) is 0 Å². The van der Waals surface area contributed by atoms with Crippen molar-refractivity contribution in [3.63, 3.8) is 0 Å². The summed E-state index contributed by atoms with van der Waals surface area (Å²) in [4.78, 5) is 1.92. The molecule has 0 bridgehead atoms. The van der Waals surface area contributed by atoms with E-state index in [0.29, 0.717) is 5.11 Å². The fourth-order valence-corrected chi connectivity index (χ4v) is 2.41. The van der Waals surface area contributed by atoms with Gasteiger partial charge in [0.05, 0.1) is 11.4 Å². The van der Waals surface area contributed by atoms with E-state index in [0.717, 1.165) is 22.5 Å². The van der Waals surface area contributed by atoms with Gasteiger partial charge in [0.25, 0.3) is 0 Å². The molecule has 88 valence electrons. The lowest BCUT2D eigenvalue weighted by Gasteiger charge is -2.24. The van der Waals surface area contributed by atoms with Gasteiger partial charge in [-0.15, -0.1) is 0 Å². The van der Waals surface area contributed by atoms with Crippen LogP contribution in [0.15, 0.2) is 48.5 Å². The number of rotatable bonds is 0. The number of nitrogens with zero attached hydrogens (tertiary/aromatic N) is 1. The molecule has 2 nitrogen and oxygen atoms in total. The molecule has 2 N–H and O–H groups in total. The van der Waals surface area contributed by atoms with Crippen LogP contribution in [0.4, 0.5) is 11.4 Å². The Kier molecular flexibility index (Phi) is 2.61. The molecule has 1 aliphatic rings. The van der Waals surface area contributed by atoms with Crippen LogP contribution in [0.3, 0.4) is 0 Å². The molecule has 0 amide bonds. The summed E-state index contributed by atoms with van der Waals surface area (Å²) >= 11 is 5.20. The molecule has 0 atom stereocenters. The zero-order valence-electron chi connectivity index (χ0n) is 9.71. The Morgan fingerprint density at radius 3 is 1.72 bits per heavy atom. The predicted octanol–water partition coefficient (Wildman–Crippen LogP) is 3.55. The summed E-state index contributed by atoms with van der Waals surface area (Å²) in [6.07, 6.45) is 4.18. The van der Waals surface area contributed by atoms with Gasteiger partial charge in [-0.3, -0.25) is 4.90 Å². The molecule has 18 heavy (non-hydrogen) atoms. The van der Waals surface area contributed by atoms with Gasteiger partial charge in [-0.25, -0.2) is 0 Å². The standard InChI is InChI=1S/C15H12N2S/c16-15(18)17-13-7-3-1-5-11(13)9-10-12-6-2-4-8-14(12)17/h1-10H,(H2,16,18). The van der Waals surface area contributed by atoms with Crippen LogP contribution in [0.25, 0.3) is 12.2 Å². The van der Waals surface area contributed by atoms with Crippen LogP contribution < -0.4 is 10.6 Å². The van der Waals surface area contributed by atoms with Crippen LogP contribution in [-0.2, 0) is 0 Å². The van der Waals surface area contributed by atoms with Gasteiger partial charge in [-0.2, -0.15) is 0 Å². The van der Waals surface area contributed by atoms with E-state index >= 15 is 0 Å². The summed E-state index contributed by atoms with van der Waals surface area (Å²) in [5.74, 6) is 0. The van der Waals surface area contributed by atoms with Crippen molar-refractivity contribution in [1.82, 2.24) is 0 Å². The van der Waals surface area contributed by atoms with Gasteiger partial charge < -0.3 is 5.73 Å². The molecule has 3 heteroatoms. The van der Waals surface area contributed by atoms with Crippen molar-refractivity contribution >= 4 is 40.9 Å². The monoisotopic (exact) mass is 252 g/mol. The Bertz CT molecular complexity index is 597. The lowest BCUT2D eigenvalue weighted by molar-refractivity contribution is 1.33. The SMILES string of the molecule is NC(=S)N1c2ccccc2C=Cc2ccccc21. The van der Waals surface area contributed by atoms with E-state index in [1.807, 2.05) is 41.3 Å². The van der Waals surface area contributed by atoms with E-state index in [-0.39, 0.29) is 0 Å². The first kappa shape index (κ1) is 11.0. The minimum absolute atomic E-state index is 0.360. The summed E-state index contributed by atoms with van der Waals surface area (Å²) in [7, 11) is 0. The number of hydrogen-bond acceptors (Lipinski definition) is 1. The molecular formula is C15H12N2S. The second-order valence-corrected chi connectivity index (χ2v) is 4.54. The summed E-state index contributed by atoms with van der Waals surface area (Å²) in [6.45, 7) is 0. The van der Waals surface area contributed by atoms with Crippen LogP contribution in [0.1, 0.15) is 11.1 Å². The molecule has 0 spiro atoms. The van der Waals surface area contributed by atoms with Crippen LogP contribution >= 0.6 is 12.2 Å². The van der Waals surface area contributed by atoms with Crippen molar-refractivity contribution < 1.29 is 0 Å². The molecule has 0 saturated heterocycles. The fraction of sp³-hybridized carbons (Fsp3) is 0. The van der Waals surface area contributed by atoms with Crippen molar-refractivity contribution in [2.24, 2.45) is 5.73 Å². The van der Waals surface area contributed by atoms with Crippen LogP contribution in [0.5, 0.6) is 0 Å². The van der Waals surface area contributed by atoms with E-state index in [9.17, 15) is 0 Å². The average molecular weight is 252 g/mol. The summed E-state index contributed by atoms with van der Waals surface area (Å²) in [5, 5.41) is 0.360. The first-order chi connectivity index (χ1) is 8.77. The topological polar surface area (TPSA) is 29.3 Å². The van der Waals surface area contributed by atoms with Crippen molar-refractivity contribution in [2.45, 2.75) is 0 Å². The van der Waals surface area contributed by atoms with Gasteiger partial charge in [0.2, 0.25) is 0 Å². The minimum atomic E-state index is 0.360. The Morgan fingerprint density at radius 1 is 0.833 bits per heavy atom. The molecular weight excluding hydrogens is 240 g/mol. The summed E-state index contributed by atoms with van der Waals surface area (Å²) in [6, 6.07) is 16.2. The highest BCUT2D eigenvalue weighted by atomic mass is 32.1. The quantitative estimate of drug-likeness (QED) is 0.727. The van der Waals surface area contributed by atoms with E-state index < -0.39 is 0 Å². The Balaban J connectivity index is 2.31. The smallest absolute Gasteiger partial charge is 0.175 e. The Labute approximate surface area is 111 Å². The second kappa shape index (κ2) is 4.27. The number of benzene rings is 2. The van der Waals surface area contributed by atoms with E-state index in [1.54, 1.807) is 0 Å². The van der Waals surface area contributed by atoms with Gasteiger partial charge >= 0.3 is 0 Å². The highest BCUT2D eigenvalue weighted by Crippen LogP contribution is 2.35. The maximum atomic E-state index is 5.90. The van der Waals surface area contributed by atoms with Crippen LogP contribution in [0, 0.1) is 0 Å². The third-order valence-corrected chi connectivity index (χ3v) is 3.20. The molecule has 1 heterocycles. The Hall–Kier alpha value is -2.13. The lowest BCUT2D eigenvalue weighted by atomic mass is 10.1. The van der Waals surface area contributed by atoms with Crippen LogP contribution in [0.2, 0.25) is 0 Å². The zero-order chi connectivity index (χ0) is 12.5. The largest absolute Gasteiger partial charge is 0.376 e. The molecule has 1 aliphatic heterocycles. The highest BCUT2D eigenvalue weighted by Gasteiger charge is 2.18. The van der Waals surface area contributed by atoms with Crippen molar-refractivity contribution in [2.75, 3.05) is 4.90 Å². The van der Waals surface area contributed by atoms with Crippen LogP contribution in [-0.4, -0.2) is 5.11 Å². The molecule has 3 rings (SSSR count). The van der Waals surface area contributed by atoms with Crippen molar-refractivity contribution in [1.29, 1.82) is 0 Å². The van der Waals surface area contributed by atoms with Gasteiger partial charge in [-0.05, 0) is 35.5 Å². The lowest BCUT2D eigenvalue weighted by Crippen LogP contribution is -2.31.